The molecule has 4 aromatic rings. The van der Waals surface area contributed by atoms with E-state index in [0.29, 0.717) is 0 Å². The minimum atomic E-state index is 0.745. The average molecular weight is 300 g/mol. The third-order valence-corrected chi connectivity index (χ3v) is 4.06. The van der Waals surface area contributed by atoms with Crippen molar-refractivity contribution in [3.8, 4) is 11.5 Å². The first-order valence-electron chi connectivity index (χ1n) is 7.46. The van der Waals surface area contributed by atoms with E-state index in [4.69, 9.17) is 16.2 Å². The molecule has 0 aliphatic rings. The maximum Gasteiger partial charge on any atom is 0.135 e. The van der Waals surface area contributed by atoms with Gasteiger partial charge in [-0.15, -0.1) is 0 Å². The fraction of sp³-hybridized carbons (Fsp3) is 0. The van der Waals surface area contributed by atoms with Crippen molar-refractivity contribution in [1.29, 1.82) is 0 Å². The lowest BCUT2D eigenvalue weighted by molar-refractivity contribution is 0.494. The van der Waals surface area contributed by atoms with Crippen molar-refractivity contribution in [2.45, 2.75) is 0 Å². The molecule has 0 aromatic heterocycles. The largest absolute Gasteiger partial charge is 0.456 e. The molecule has 0 atom stereocenters. The van der Waals surface area contributed by atoms with Crippen LogP contribution in [0.2, 0.25) is 0 Å². The van der Waals surface area contributed by atoms with Gasteiger partial charge in [0.05, 0.1) is 0 Å². The van der Waals surface area contributed by atoms with Crippen LogP contribution in [0.3, 0.4) is 0 Å². The molecule has 0 bridgehead atoms. The number of nitrogens with two attached hydrogens (primary N) is 2. The number of hydrogen-bond donors (Lipinski definition) is 2. The molecule has 0 amide bonds. The Balaban J connectivity index is 1.89. The Bertz CT molecular complexity index is 941. The van der Waals surface area contributed by atoms with Gasteiger partial charge in [-0.3, -0.25) is 0 Å². The molecule has 0 heterocycles. The summed E-state index contributed by atoms with van der Waals surface area (Å²) in [7, 11) is 0. The molecule has 112 valence electrons. The first kappa shape index (κ1) is 13.5. The second-order valence-corrected chi connectivity index (χ2v) is 5.50. The van der Waals surface area contributed by atoms with Crippen molar-refractivity contribution in [2.24, 2.45) is 0 Å². The fourth-order valence-corrected chi connectivity index (χ4v) is 2.89. The van der Waals surface area contributed by atoms with E-state index < -0.39 is 0 Å². The van der Waals surface area contributed by atoms with Crippen LogP contribution in [0, 0.1) is 0 Å². The van der Waals surface area contributed by atoms with E-state index in [9.17, 15) is 0 Å². The van der Waals surface area contributed by atoms with E-state index in [1.54, 1.807) is 0 Å². The van der Waals surface area contributed by atoms with Crippen molar-refractivity contribution in [2.75, 3.05) is 11.5 Å². The van der Waals surface area contributed by atoms with Crippen molar-refractivity contribution in [3.63, 3.8) is 0 Å². The van der Waals surface area contributed by atoms with Gasteiger partial charge < -0.3 is 16.2 Å². The predicted octanol–water partition coefficient (Wildman–Crippen LogP) is 4.95. The smallest absolute Gasteiger partial charge is 0.135 e. The minimum absolute atomic E-state index is 0.745. The number of benzene rings is 4. The van der Waals surface area contributed by atoms with Crippen LogP contribution in [-0.2, 0) is 0 Å². The summed E-state index contributed by atoms with van der Waals surface area (Å²) < 4.78 is 6.20. The van der Waals surface area contributed by atoms with Gasteiger partial charge in [0.1, 0.15) is 11.5 Å². The molecule has 0 spiro atoms. The Morgan fingerprint density at radius 2 is 0.870 bits per heavy atom. The molecule has 3 nitrogen and oxygen atoms in total. The predicted molar refractivity (Wildman–Crippen MR) is 96.8 cm³/mol. The summed E-state index contributed by atoms with van der Waals surface area (Å²) in [6.07, 6.45) is 0. The fourth-order valence-electron chi connectivity index (χ4n) is 2.89. The van der Waals surface area contributed by atoms with E-state index in [1.807, 2.05) is 72.8 Å². The molecule has 0 fully saturated rings. The van der Waals surface area contributed by atoms with Crippen LogP contribution in [0.15, 0.2) is 72.8 Å². The molecule has 0 radical (unpaired) electrons. The van der Waals surface area contributed by atoms with Crippen molar-refractivity contribution < 1.29 is 4.74 Å². The van der Waals surface area contributed by atoms with Crippen LogP contribution in [0.5, 0.6) is 11.5 Å². The lowest BCUT2D eigenvalue weighted by atomic mass is 10.1. The normalized spacial score (nSPS) is 11.0. The number of hydrogen-bond acceptors (Lipinski definition) is 3. The molecule has 0 unspecified atom stereocenters. The zero-order valence-electron chi connectivity index (χ0n) is 12.5. The second-order valence-electron chi connectivity index (χ2n) is 5.50. The topological polar surface area (TPSA) is 61.3 Å². The molecular weight excluding hydrogens is 284 g/mol. The molecular formula is C20H16N2O. The summed E-state index contributed by atoms with van der Waals surface area (Å²) >= 11 is 0. The molecule has 4 rings (SSSR count). The van der Waals surface area contributed by atoms with Gasteiger partial charge in [0.25, 0.3) is 0 Å². The third-order valence-electron chi connectivity index (χ3n) is 4.06. The number of anilines is 2. The first-order valence-corrected chi connectivity index (χ1v) is 7.46. The Labute approximate surface area is 134 Å². The van der Waals surface area contributed by atoms with E-state index >= 15 is 0 Å². The van der Waals surface area contributed by atoms with Crippen molar-refractivity contribution in [1.82, 2.24) is 0 Å². The van der Waals surface area contributed by atoms with Gasteiger partial charge in [-0.25, -0.2) is 0 Å². The lowest BCUT2D eigenvalue weighted by Crippen LogP contribution is -1.93. The second kappa shape index (κ2) is 5.21. The van der Waals surface area contributed by atoms with E-state index in [0.717, 1.165) is 44.4 Å². The van der Waals surface area contributed by atoms with Gasteiger partial charge in [-0.05, 0) is 24.3 Å². The van der Waals surface area contributed by atoms with Crippen LogP contribution >= 0.6 is 0 Å². The highest BCUT2D eigenvalue weighted by Crippen LogP contribution is 2.37. The molecule has 0 saturated heterocycles. The quantitative estimate of drug-likeness (QED) is 0.515. The van der Waals surface area contributed by atoms with Gasteiger partial charge in [0, 0.05) is 32.9 Å². The SMILES string of the molecule is Nc1ccc(Oc2ccc(N)c3ccccc23)c2ccccc12. The highest BCUT2D eigenvalue weighted by molar-refractivity contribution is 5.99. The van der Waals surface area contributed by atoms with Gasteiger partial charge in [0.15, 0.2) is 0 Å². The van der Waals surface area contributed by atoms with Crippen LogP contribution in [-0.4, -0.2) is 0 Å². The van der Waals surface area contributed by atoms with Crippen LogP contribution < -0.4 is 16.2 Å². The van der Waals surface area contributed by atoms with Crippen LogP contribution in [0.25, 0.3) is 21.5 Å². The number of ether oxygens (including phenoxy) is 1. The summed E-state index contributed by atoms with van der Waals surface area (Å²) in [5, 5.41) is 3.97. The van der Waals surface area contributed by atoms with Gasteiger partial charge in [-0.2, -0.15) is 0 Å². The van der Waals surface area contributed by atoms with E-state index in [2.05, 4.69) is 0 Å². The third kappa shape index (κ3) is 2.23. The molecule has 4 aromatic carbocycles. The summed E-state index contributed by atoms with van der Waals surface area (Å²) in [5.41, 5.74) is 13.6. The minimum Gasteiger partial charge on any atom is -0.456 e. The zero-order valence-corrected chi connectivity index (χ0v) is 12.5. The number of fused-ring (bicyclic) bond motifs is 2. The molecule has 0 aliphatic carbocycles. The molecule has 23 heavy (non-hydrogen) atoms. The van der Waals surface area contributed by atoms with Gasteiger partial charge >= 0.3 is 0 Å². The maximum absolute atomic E-state index is 6.20. The summed E-state index contributed by atoms with van der Waals surface area (Å²) in [5.74, 6) is 1.56. The summed E-state index contributed by atoms with van der Waals surface area (Å²) in [6, 6.07) is 23.5. The standard InChI is InChI=1S/C20H16N2O/c21-17-9-11-19(15-7-3-1-5-13(15)17)23-20-12-10-18(22)14-6-2-4-8-16(14)20/h1-12H,21-22H2. The average Bonchev–Trinajstić information content (AvgIpc) is 2.60. The number of nitrogen functional groups attached to an aromatic ring is 2. The summed E-state index contributed by atoms with van der Waals surface area (Å²) in [6.45, 7) is 0. The van der Waals surface area contributed by atoms with Gasteiger partial charge in [-0.1, -0.05) is 48.5 Å². The maximum atomic E-state index is 6.20. The Hall–Kier alpha value is -3.20. The molecule has 4 N–H and O–H groups in total. The van der Waals surface area contributed by atoms with E-state index in [-0.39, 0.29) is 0 Å². The van der Waals surface area contributed by atoms with Crippen LogP contribution in [0.4, 0.5) is 11.4 Å². The highest BCUT2D eigenvalue weighted by Gasteiger charge is 2.09. The molecule has 3 heteroatoms. The van der Waals surface area contributed by atoms with Crippen LogP contribution in [0.1, 0.15) is 0 Å². The Morgan fingerprint density at radius 3 is 1.30 bits per heavy atom. The van der Waals surface area contributed by atoms with E-state index in [1.165, 1.54) is 0 Å². The van der Waals surface area contributed by atoms with Gasteiger partial charge in [0.2, 0.25) is 0 Å². The lowest BCUT2D eigenvalue weighted by Gasteiger charge is -2.13. The Morgan fingerprint density at radius 1 is 0.478 bits per heavy atom. The van der Waals surface area contributed by atoms with Crippen molar-refractivity contribution >= 4 is 32.9 Å². The molecule has 0 aliphatic heterocycles. The number of rotatable bonds is 2. The monoisotopic (exact) mass is 300 g/mol. The first-order chi connectivity index (χ1) is 11.2. The molecule has 0 saturated carbocycles. The zero-order chi connectivity index (χ0) is 15.8. The highest BCUT2D eigenvalue weighted by atomic mass is 16.5. The van der Waals surface area contributed by atoms with Crippen molar-refractivity contribution in [3.05, 3.63) is 72.8 Å². The summed E-state index contributed by atoms with van der Waals surface area (Å²) in [4.78, 5) is 0. The Kier molecular flexibility index (Phi) is 3.05.